The van der Waals surface area contributed by atoms with Crippen molar-refractivity contribution in [2.45, 2.75) is 13.0 Å². The van der Waals surface area contributed by atoms with Crippen LogP contribution in [0.3, 0.4) is 0 Å². The van der Waals surface area contributed by atoms with Crippen LogP contribution in [0.25, 0.3) is 0 Å². The Labute approximate surface area is 113 Å². The van der Waals surface area contributed by atoms with Crippen molar-refractivity contribution in [2.75, 3.05) is 19.0 Å². The largest absolute Gasteiger partial charge is 0.478 e. The van der Waals surface area contributed by atoms with Crippen molar-refractivity contribution >= 4 is 17.7 Å². The molecule has 0 saturated heterocycles. The minimum absolute atomic E-state index is 0.298. The predicted octanol–water partition coefficient (Wildman–Crippen LogP) is 1.51. The molecule has 1 aromatic carbocycles. The van der Waals surface area contributed by atoms with Crippen LogP contribution in [0, 0.1) is 11.6 Å². The van der Waals surface area contributed by atoms with Crippen LogP contribution in [0.15, 0.2) is 12.1 Å². The van der Waals surface area contributed by atoms with Crippen molar-refractivity contribution in [1.29, 1.82) is 0 Å². The zero-order valence-corrected chi connectivity index (χ0v) is 10.9. The van der Waals surface area contributed by atoms with Crippen LogP contribution in [0.1, 0.15) is 17.3 Å². The molecule has 1 aromatic rings. The Morgan fingerprint density at radius 2 is 1.90 bits per heavy atom. The van der Waals surface area contributed by atoms with Crippen LogP contribution >= 0.6 is 0 Å². The van der Waals surface area contributed by atoms with Gasteiger partial charge in [0.2, 0.25) is 0 Å². The quantitative estimate of drug-likeness (QED) is 0.783. The van der Waals surface area contributed by atoms with E-state index >= 15 is 0 Å². The summed E-state index contributed by atoms with van der Waals surface area (Å²) in [5.41, 5.74) is -0.930. The Morgan fingerprint density at radius 3 is 2.40 bits per heavy atom. The Morgan fingerprint density at radius 1 is 1.35 bits per heavy atom. The zero-order chi connectivity index (χ0) is 15.4. The predicted molar refractivity (Wildman–Crippen MR) is 66.6 cm³/mol. The van der Waals surface area contributed by atoms with Gasteiger partial charge in [-0.15, -0.1) is 0 Å². The van der Waals surface area contributed by atoms with Gasteiger partial charge < -0.3 is 20.4 Å². The van der Waals surface area contributed by atoms with Gasteiger partial charge in [-0.25, -0.2) is 18.4 Å². The van der Waals surface area contributed by atoms with E-state index in [1.54, 1.807) is 6.92 Å². The molecule has 1 unspecified atom stereocenters. The van der Waals surface area contributed by atoms with E-state index in [1.165, 1.54) is 7.05 Å². The van der Waals surface area contributed by atoms with Crippen LogP contribution in [-0.2, 0) is 0 Å². The van der Waals surface area contributed by atoms with E-state index in [-0.39, 0.29) is 12.3 Å². The molecule has 6 nitrogen and oxygen atoms in total. The second-order valence-corrected chi connectivity index (χ2v) is 4.19. The maximum absolute atomic E-state index is 13.1. The molecule has 0 bridgehead atoms. The van der Waals surface area contributed by atoms with Crippen molar-refractivity contribution in [2.24, 2.45) is 0 Å². The number of nitrogens with zero attached hydrogens (tertiary/aromatic N) is 1. The van der Waals surface area contributed by atoms with E-state index in [0.717, 1.165) is 4.90 Å². The molecule has 20 heavy (non-hydrogen) atoms. The number of carbonyl (C=O) groups is 2. The standard InChI is InChI=1S/C12H14F2N2O4/c1-6(5-17)16(2)12(20)15-10-4-9(14)8(13)3-7(10)11(18)19/h3-4,6,17H,5H2,1-2H3,(H,15,20)(H,18,19). The summed E-state index contributed by atoms with van der Waals surface area (Å²) in [4.78, 5) is 23.8. The van der Waals surface area contributed by atoms with Gasteiger partial charge >= 0.3 is 12.0 Å². The average Bonchev–Trinajstić information content (AvgIpc) is 2.40. The molecule has 8 heteroatoms. The van der Waals surface area contributed by atoms with Crippen LogP contribution in [0.2, 0.25) is 0 Å². The smallest absolute Gasteiger partial charge is 0.337 e. The summed E-state index contributed by atoms with van der Waals surface area (Å²) in [7, 11) is 1.37. The Kier molecular flexibility index (Phi) is 4.98. The molecular weight excluding hydrogens is 274 g/mol. The average molecular weight is 288 g/mol. The number of hydrogen-bond acceptors (Lipinski definition) is 3. The molecule has 1 atom stereocenters. The highest BCUT2D eigenvalue weighted by Gasteiger charge is 2.20. The lowest BCUT2D eigenvalue weighted by atomic mass is 10.1. The molecule has 0 aliphatic carbocycles. The topological polar surface area (TPSA) is 89.9 Å². The summed E-state index contributed by atoms with van der Waals surface area (Å²) in [5.74, 6) is -4.10. The number of rotatable bonds is 4. The number of aromatic carboxylic acids is 1. The maximum Gasteiger partial charge on any atom is 0.337 e. The Hall–Kier alpha value is -2.22. The van der Waals surface area contributed by atoms with Crippen LogP contribution in [-0.4, -0.2) is 46.8 Å². The number of aliphatic hydroxyl groups excluding tert-OH is 1. The lowest BCUT2D eigenvalue weighted by Gasteiger charge is -2.23. The monoisotopic (exact) mass is 288 g/mol. The number of urea groups is 1. The third-order valence-corrected chi connectivity index (χ3v) is 2.78. The van der Waals surface area contributed by atoms with Gasteiger partial charge in [0.15, 0.2) is 11.6 Å². The van der Waals surface area contributed by atoms with Gasteiger partial charge in [-0.2, -0.15) is 0 Å². The van der Waals surface area contributed by atoms with Crippen LogP contribution in [0.4, 0.5) is 19.3 Å². The normalized spacial score (nSPS) is 11.8. The van der Waals surface area contributed by atoms with E-state index in [0.29, 0.717) is 12.1 Å². The molecule has 0 radical (unpaired) electrons. The second kappa shape index (κ2) is 6.29. The summed E-state index contributed by atoms with van der Waals surface area (Å²) >= 11 is 0. The van der Waals surface area contributed by atoms with E-state index in [1.807, 2.05) is 0 Å². The fourth-order valence-electron chi connectivity index (χ4n) is 1.35. The lowest BCUT2D eigenvalue weighted by molar-refractivity contribution is 0.0697. The minimum atomic E-state index is -1.50. The Bertz CT molecular complexity index is 536. The molecular formula is C12H14F2N2O4. The fraction of sp³-hybridized carbons (Fsp3) is 0.333. The summed E-state index contributed by atoms with van der Waals surface area (Å²) in [5, 5.41) is 20.0. The molecule has 0 spiro atoms. The number of benzene rings is 1. The number of carboxylic acids is 1. The highest BCUT2D eigenvalue weighted by molar-refractivity contribution is 6.00. The maximum atomic E-state index is 13.1. The highest BCUT2D eigenvalue weighted by atomic mass is 19.2. The first-order valence-corrected chi connectivity index (χ1v) is 5.65. The number of aliphatic hydroxyl groups is 1. The highest BCUT2D eigenvalue weighted by Crippen LogP contribution is 2.20. The number of nitrogens with one attached hydrogen (secondary N) is 1. The van der Waals surface area contributed by atoms with Crippen LogP contribution < -0.4 is 5.32 Å². The number of carboxylic acid groups (broad SMARTS) is 1. The summed E-state index contributed by atoms with van der Waals surface area (Å²) in [6, 6.07) is -0.190. The van der Waals surface area contributed by atoms with Crippen molar-refractivity contribution in [1.82, 2.24) is 4.90 Å². The molecule has 3 N–H and O–H groups in total. The lowest BCUT2D eigenvalue weighted by Crippen LogP contribution is -2.40. The number of anilines is 1. The minimum Gasteiger partial charge on any atom is -0.478 e. The van der Waals surface area contributed by atoms with Crippen molar-refractivity contribution in [3.8, 4) is 0 Å². The number of amides is 2. The third kappa shape index (κ3) is 3.41. The van der Waals surface area contributed by atoms with Gasteiger partial charge in [-0.3, -0.25) is 0 Å². The molecule has 0 aliphatic rings. The number of halogens is 2. The summed E-state index contributed by atoms with van der Waals surface area (Å²) in [6.45, 7) is 1.26. The first-order chi connectivity index (χ1) is 9.27. The van der Waals surface area contributed by atoms with E-state index in [9.17, 15) is 18.4 Å². The molecule has 0 aromatic heterocycles. The van der Waals surface area contributed by atoms with Gasteiger partial charge in [0.05, 0.1) is 23.9 Å². The molecule has 1 rings (SSSR count). The van der Waals surface area contributed by atoms with E-state index < -0.39 is 35.2 Å². The van der Waals surface area contributed by atoms with Gasteiger partial charge in [0.1, 0.15) is 0 Å². The molecule has 0 fully saturated rings. The number of likely N-dealkylation sites (N-methyl/N-ethyl adjacent to an activating group) is 1. The van der Waals surface area contributed by atoms with Gasteiger partial charge in [-0.05, 0) is 13.0 Å². The summed E-state index contributed by atoms with van der Waals surface area (Å²) in [6.07, 6.45) is 0. The zero-order valence-electron chi connectivity index (χ0n) is 10.9. The second-order valence-electron chi connectivity index (χ2n) is 4.19. The third-order valence-electron chi connectivity index (χ3n) is 2.78. The molecule has 0 heterocycles. The number of hydrogen-bond donors (Lipinski definition) is 3. The van der Waals surface area contributed by atoms with Crippen molar-refractivity contribution in [3.63, 3.8) is 0 Å². The van der Waals surface area contributed by atoms with Gasteiger partial charge in [0, 0.05) is 13.1 Å². The van der Waals surface area contributed by atoms with Crippen LogP contribution in [0.5, 0.6) is 0 Å². The fourth-order valence-corrected chi connectivity index (χ4v) is 1.35. The first kappa shape index (κ1) is 15.8. The van der Waals surface area contributed by atoms with Crippen molar-refractivity contribution in [3.05, 3.63) is 29.3 Å². The van der Waals surface area contributed by atoms with Crippen molar-refractivity contribution < 1.29 is 28.6 Å². The first-order valence-electron chi connectivity index (χ1n) is 5.65. The SMILES string of the molecule is CC(CO)N(C)C(=O)Nc1cc(F)c(F)cc1C(=O)O. The molecule has 2 amide bonds. The van der Waals surface area contributed by atoms with E-state index in [2.05, 4.69) is 5.32 Å². The van der Waals surface area contributed by atoms with Gasteiger partial charge in [0.25, 0.3) is 0 Å². The van der Waals surface area contributed by atoms with Gasteiger partial charge in [-0.1, -0.05) is 0 Å². The Balaban J connectivity index is 3.05. The molecule has 0 aliphatic heterocycles. The number of carbonyl (C=O) groups excluding carboxylic acids is 1. The van der Waals surface area contributed by atoms with E-state index in [4.69, 9.17) is 10.2 Å². The summed E-state index contributed by atoms with van der Waals surface area (Å²) < 4.78 is 26.1. The molecule has 0 saturated carbocycles. The molecule has 110 valence electrons.